The van der Waals surface area contributed by atoms with Crippen LogP contribution in [-0.2, 0) is 19.4 Å². The quantitative estimate of drug-likeness (QED) is 0.845. The summed E-state index contributed by atoms with van der Waals surface area (Å²) in [6.45, 7) is 11.4. The summed E-state index contributed by atoms with van der Waals surface area (Å²) < 4.78 is 10.2. The van der Waals surface area contributed by atoms with Gasteiger partial charge in [0.2, 0.25) is 0 Å². The van der Waals surface area contributed by atoms with E-state index in [2.05, 4.69) is 36.2 Å². The van der Waals surface area contributed by atoms with Crippen LogP contribution in [-0.4, -0.2) is 32.8 Å². The molecule has 1 aliphatic carbocycles. The molecule has 0 saturated carbocycles. The molecule has 3 rings (SSSR count). The van der Waals surface area contributed by atoms with E-state index < -0.39 is 0 Å². The van der Waals surface area contributed by atoms with E-state index in [-0.39, 0.29) is 11.3 Å². The zero-order valence-corrected chi connectivity index (χ0v) is 15.6. The molecule has 0 spiro atoms. The lowest BCUT2D eigenvalue weighted by atomic mass is 9.71. The number of hydrogen-bond donors (Lipinski definition) is 0. The van der Waals surface area contributed by atoms with Crippen molar-refractivity contribution in [2.45, 2.75) is 60.4 Å². The lowest BCUT2D eigenvalue weighted by Crippen LogP contribution is -2.33. The van der Waals surface area contributed by atoms with Crippen LogP contribution in [0.25, 0.3) is 0 Å². The van der Waals surface area contributed by atoms with Crippen molar-refractivity contribution < 1.29 is 13.9 Å². The Morgan fingerprint density at radius 1 is 1.28 bits per heavy atom. The van der Waals surface area contributed by atoms with Crippen molar-refractivity contribution in [1.29, 1.82) is 0 Å². The third-order valence-corrected chi connectivity index (χ3v) is 5.22. The van der Waals surface area contributed by atoms with Gasteiger partial charge in [0.05, 0.1) is 6.54 Å². The average molecular weight is 346 g/mol. The summed E-state index contributed by atoms with van der Waals surface area (Å²) in [5, 5.41) is 11.8. The summed E-state index contributed by atoms with van der Waals surface area (Å²) in [7, 11) is 0. The van der Waals surface area contributed by atoms with Crippen LogP contribution in [0.1, 0.15) is 67.3 Å². The van der Waals surface area contributed by atoms with Crippen molar-refractivity contribution >= 4 is 5.91 Å². The summed E-state index contributed by atoms with van der Waals surface area (Å²) >= 11 is 0. The van der Waals surface area contributed by atoms with E-state index in [0.29, 0.717) is 36.1 Å². The maximum Gasteiger partial charge on any atom is 0.276 e. The molecule has 136 valence electrons. The van der Waals surface area contributed by atoms with Crippen molar-refractivity contribution in [3.63, 3.8) is 0 Å². The van der Waals surface area contributed by atoms with Gasteiger partial charge in [0.1, 0.15) is 17.1 Å². The summed E-state index contributed by atoms with van der Waals surface area (Å²) in [5.74, 6) is 1.26. The van der Waals surface area contributed by atoms with Gasteiger partial charge in [0, 0.05) is 18.5 Å². The Morgan fingerprint density at radius 2 is 2.04 bits per heavy atom. The zero-order valence-electron chi connectivity index (χ0n) is 15.6. The van der Waals surface area contributed by atoms with Crippen LogP contribution < -0.4 is 0 Å². The fraction of sp³-hybridized carbons (Fsp3) is 0.667. The Labute approximate surface area is 147 Å². The highest BCUT2D eigenvalue weighted by Crippen LogP contribution is 2.38. The van der Waals surface area contributed by atoms with Gasteiger partial charge in [0.15, 0.2) is 5.69 Å². The van der Waals surface area contributed by atoms with E-state index in [1.165, 1.54) is 0 Å². The predicted molar refractivity (Wildman–Crippen MR) is 90.9 cm³/mol. The Bertz CT molecular complexity index is 757. The van der Waals surface area contributed by atoms with Gasteiger partial charge in [-0.1, -0.05) is 36.2 Å². The molecule has 1 unspecified atom stereocenters. The van der Waals surface area contributed by atoms with E-state index in [0.717, 1.165) is 30.6 Å². The van der Waals surface area contributed by atoms with E-state index in [1.807, 2.05) is 13.8 Å². The fourth-order valence-electron chi connectivity index (χ4n) is 3.36. The summed E-state index contributed by atoms with van der Waals surface area (Å²) in [5.41, 5.74) is 2.98. The number of aryl methyl sites for hydroxylation is 2. The maximum absolute atomic E-state index is 13.0. The number of amides is 1. The Balaban J connectivity index is 1.83. The summed E-state index contributed by atoms with van der Waals surface area (Å²) in [6, 6.07) is 0. The normalized spacial score (nSPS) is 17.4. The first-order chi connectivity index (χ1) is 11.8. The first-order valence-corrected chi connectivity index (χ1v) is 8.86. The number of rotatable bonds is 4. The minimum absolute atomic E-state index is 0.121. The molecule has 2 heterocycles. The molecule has 7 heteroatoms. The Hall–Kier alpha value is -2.18. The van der Waals surface area contributed by atoms with Crippen LogP contribution in [0.5, 0.6) is 0 Å². The largest absolute Gasteiger partial charge is 0.360 e. The summed E-state index contributed by atoms with van der Waals surface area (Å²) in [6.07, 6.45) is 2.75. The standard InChI is InChI=1S/C18H26N4O3/c1-6-22(10-14-11(2)19-25-20-14)17(23)16-13-9-12(18(3,4)5)7-8-15(13)24-21-16/h12H,6-10H2,1-5H3. The van der Waals surface area contributed by atoms with Gasteiger partial charge in [-0.15, -0.1) is 0 Å². The molecule has 0 aliphatic heterocycles. The van der Waals surface area contributed by atoms with Gasteiger partial charge >= 0.3 is 0 Å². The number of fused-ring (bicyclic) bond motifs is 1. The first kappa shape index (κ1) is 17.6. The third kappa shape index (κ3) is 3.45. The Kier molecular flexibility index (Phi) is 4.67. The lowest BCUT2D eigenvalue weighted by molar-refractivity contribution is 0.0736. The zero-order chi connectivity index (χ0) is 18.2. The van der Waals surface area contributed by atoms with E-state index in [9.17, 15) is 4.79 Å². The second kappa shape index (κ2) is 6.61. The molecule has 1 aliphatic rings. The molecule has 0 fully saturated rings. The van der Waals surface area contributed by atoms with E-state index >= 15 is 0 Å². The van der Waals surface area contributed by atoms with Crippen molar-refractivity contribution in [2.24, 2.45) is 11.3 Å². The molecule has 0 bridgehead atoms. The SMILES string of the molecule is CCN(Cc1nonc1C)C(=O)c1noc2c1CC(C(C)(C)C)CC2. The monoisotopic (exact) mass is 346 g/mol. The number of aromatic nitrogens is 3. The molecule has 25 heavy (non-hydrogen) atoms. The second-order valence-corrected chi connectivity index (χ2v) is 7.85. The van der Waals surface area contributed by atoms with Crippen LogP contribution in [0.3, 0.4) is 0 Å². The number of hydrogen-bond acceptors (Lipinski definition) is 6. The molecule has 7 nitrogen and oxygen atoms in total. The predicted octanol–water partition coefficient (Wildman–Crippen LogP) is 3.18. The van der Waals surface area contributed by atoms with Gasteiger partial charge < -0.3 is 9.42 Å². The fourth-order valence-corrected chi connectivity index (χ4v) is 3.36. The third-order valence-electron chi connectivity index (χ3n) is 5.22. The van der Waals surface area contributed by atoms with Crippen molar-refractivity contribution in [1.82, 2.24) is 20.4 Å². The highest BCUT2D eigenvalue weighted by Gasteiger charge is 2.35. The molecule has 1 atom stereocenters. The minimum atomic E-state index is -0.121. The lowest BCUT2D eigenvalue weighted by Gasteiger charge is -2.33. The molecular weight excluding hydrogens is 320 g/mol. The second-order valence-electron chi connectivity index (χ2n) is 7.85. The van der Waals surface area contributed by atoms with E-state index in [1.54, 1.807) is 4.90 Å². The van der Waals surface area contributed by atoms with Crippen molar-refractivity contribution in [3.05, 3.63) is 28.4 Å². The molecule has 2 aromatic heterocycles. The van der Waals surface area contributed by atoms with Crippen LogP contribution >= 0.6 is 0 Å². The number of nitrogens with zero attached hydrogens (tertiary/aromatic N) is 4. The molecule has 0 N–H and O–H groups in total. The maximum atomic E-state index is 13.0. The first-order valence-electron chi connectivity index (χ1n) is 8.86. The Morgan fingerprint density at radius 3 is 2.64 bits per heavy atom. The van der Waals surface area contributed by atoms with Gasteiger partial charge in [-0.2, -0.15) is 0 Å². The molecule has 0 saturated heterocycles. The molecule has 0 aromatic carbocycles. The van der Waals surface area contributed by atoms with Gasteiger partial charge in [-0.25, -0.2) is 4.63 Å². The van der Waals surface area contributed by atoms with Gasteiger partial charge in [-0.3, -0.25) is 4.79 Å². The molecule has 0 radical (unpaired) electrons. The van der Waals surface area contributed by atoms with Gasteiger partial charge in [-0.05, 0) is 38.0 Å². The van der Waals surface area contributed by atoms with Gasteiger partial charge in [0.25, 0.3) is 5.91 Å². The van der Waals surface area contributed by atoms with Crippen LogP contribution in [0.15, 0.2) is 9.15 Å². The van der Waals surface area contributed by atoms with Crippen LogP contribution in [0, 0.1) is 18.3 Å². The molecular formula is C18H26N4O3. The van der Waals surface area contributed by atoms with Crippen molar-refractivity contribution in [2.75, 3.05) is 6.54 Å². The average Bonchev–Trinajstić information content (AvgIpc) is 3.16. The topological polar surface area (TPSA) is 85.3 Å². The minimum Gasteiger partial charge on any atom is -0.360 e. The number of carbonyl (C=O) groups excluding carboxylic acids is 1. The van der Waals surface area contributed by atoms with E-state index in [4.69, 9.17) is 9.15 Å². The molecule has 2 aromatic rings. The van der Waals surface area contributed by atoms with Crippen LogP contribution in [0.2, 0.25) is 0 Å². The van der Waals surface area contributed by atoms with Crippen molar-refractivity contribution in [3.8, 4) is 0 Å². The summed E-state index contributed by atoms with van der Waals surface area (Å²) in [4.78, 5) is 14.7. The van der Waals surface area contributed by atoms with Crippen LogP contribution in [0.4, 0.5) is 0 Å². The number of carbonyl (C=O) groups is 1. The highest BCUT2D eigenvalue weighted by molar-refractivity contribution is 5.93. The highest BCUT2D eigenvalue weighted by atomic mass is 16.6. The smallest absolute Gasteiger partial charge is 0.276 e. The molecule has 1 amide bonds.